The number of ether oxygens (including phenoxy) is 1. The average Bonchev–Trinajstić information content (AvgIpc) is 2.78. The number of carbonyl (C=O) groups is 1. The molecule has 0 aromatic heterocycles. The van der Waals surface area contributed by atoms with E-state index < -0.39 is 27.5 Å². The van der Waals surface area contributed by atoms with Crippen LogP contribution in [0.4, 0.5) is 4.39 Å². The molecule has 2 rings (SSSR count). The maximum atomic E-state index is 14.7. The number of nitrogens with one attached hydrogen (secondary N) is 1. The van der Waals surface area contributed by atoms with Gasteiger partial charge in [0.1, 0.15) is 17.7 Å². The minimum absolute atomic E-state index is 0.0169. The van der Waals surface area contributed by atoms with Crippen molar-refractivity contribution in [2.75, 3.05) is 14.1 Å². The van der Waals surface area contributed by atoms with Gasteiger partial charge in [0.2, 0.25) is 0 Å². The minimum Gasteiger partial charge on any atom is -0.488 e. The van der Waals surface area contributed by atoms with E-state index in [0.29, 0.717) is 11.8 Å². The third-order valence-electron chi connectivity index (χ3n) is 7.22. The van der Waals surface area contributed by atoms with Gasteiger partial charge in [0.15, 0.2) is 0 Å². The number of rotatable bonds is 6. The van der Waals surface area contributed by atoms with E-state index in [9.17, 15) is 17.6 Å². The molecular formula is C21H32ClFN2O4S. The summed E-state index contributed by atoms with van der Waals surface area (Å²) in [6, 6.07) is 2.14. The molecule has 1 saturated carbocycles. The van der Waals surface area contributed by atoms with Crippen molar-refractivity contribution < 1.29 is 22.3 Å². The van der Waals surface area contributed by atoms with Gasteiger partial charge in [-0.05, 0) is 29.7 Å². The molecule has 1 aliphatic carbocycles. The van der Waals surface area contributed by atoms with Crippen molar-refractivity contribution in [2.45, 2.75) is 54.1 Å². The maximum absolute atomic E-state index is 14.7. The fraction of sp³-hybridized carbons (Fsp3) is 0.667. The summed E-state index contributed by atoms with van der Waals surface area (Å²) in [7, 11) is -1.54. The molecule has 1 aliphatic rings. The van der Waals surface area contributed by atoms with Crippen LogP contribution in [0.25, 0.3) is 0 Å². The molecule has 9 heteroatoms. The van der Waals surface area contributed by atoms with Gasteiger partial charge < -0.3 is 4.74 Å². The first-order chi connectivity index (χ1) is 13.6. The molecule has 0 heterocycles. The van der Waals surface area contributed by atoms with Gasteiger partial charge in [-0.25, -0.2) is 9.11 Å². The van der Waals surface area contributed by atoms with Crippen molar-refractivity contribution in [1.29, 1.82) is 0 Å². The summed E-state index contributed by atoms with van der Waals surface area (Å²) in [6.45, 7) is 13.2. The first kappa shape index (κ1) is 24.9. The number of amides is 1. The Morgan fingerprint density at radius 2 is 1.87 bits per heavy atom. The largest absolute Gasteiger partial charge is 0.488 e. The second kappa shape index (κ2) is 8.28. The highest BCUT2D eigenvalue weighted by Gasteiger charge is 2.58. The smallest absolute Gasteiger partial charge is 0.303 e. The monoisotopic (exact) mass is 462 g/mol. The predicted molar refractivity (Wildman–Crippen MR) is 116 cm³/mol. The number of nitrogens with zero attached hydrogens (tertiary/aromatic N) is 1. The molecule has 0 aliphatic heterocycles. The Bertz CT molecular complexity index is 933. The molecule has 0 saturated heterocycles. The molecule has 30 heavy (non-hydrogen) atoms. The van der Waals surface area contributed by atoms with E-state index >= 15 is 0 Å². The zero-order valence-electron chi connectivity index (χ0n) is 18.8. The second-order valence-corrected chi connectivity index (χ2v) is 11.7. The average molecular weight is 463 g/mol. The first-order valence-corrected chi connectivity index (χ1v) is 11.8. The van der Waals surface area contributed by atoms with Crippen LogP contribution in [0, 0.1) is 28.5 Å². The van der Waals surface area contributed by atoms with E-state index in [1.807, 2.05) is 0 Å². The third-order valence-corrected chi connectivity index (χ3v) is 8.92. The minimum atomic E-state index is -4.05. The van der Waals surface area contributed by atoms with E-state index in [1.54, 1.807) is 4.72 Å². The second-order valence-electron chi connectivity index (χ2n) is 9.38. The van der Waals surface area contributed by atoms with E-state index in [2.05, 4.69) is 41.5 Å². The van der Waals surface area contributed by atoms with Gasteiger partial charge in [0, 0.05) is 25.6 Å². The lowest BCUT2D eigenvalue weighted by Gasteiger charge is -2.46. The van der Waals surface area contributed by atoms with Gasteiger partial charge in [-0.15, -0.1) is 0 Å². The van der Waals surface area contributed by atoms with E-state index in [-0.39, 0.29) is 27.7 Å². The lowest BCUT2D eigenvalue weighted by atomic mass is 9.59. The van der Waals surface area contributed by atoms with Crippen LogP contribution in [0.3, 0.4) is 0 Å². The number of hydrogen-bond donors (Lipinski definition) is 1. The molecule has 0 spiro atoms. The Labute approximate surface area is 184 Å². The molecule has 1 N–H and O–H groups in total. The molecule has 170 valence electrons. The Balaban J connectivity index is 2.32. The highest BCUT2D eigenvalue weighted by molar-refractivity contribution is 7.87. The van der Waals surface area contributed by atoms with Crippen LogP contribution in [-0.2, 0) is 10.2 Å². The van der Waals surface area contributed by atoms with E-state index in [1.165, 1.54) is 14.1 Å². The van der Waals surface area contributed by atoms with Crippen molar-refractivity contribution in [1.82, 2.24) is 9.03 Å². The molecule has 1 fully saturated rings. The molecule has 1 aromatic carbocycles. The van der Waals surface area contributed by atoms with Crippen molar-refractivity contribution in [3.63, 3.8) is 0 Å². The fourth-order valence-corrected chi connectivity index (χ4v) is 5.30. The summed E-state index contributed by atoms with van der Waals surface area (Å²) < 4.78 is 47.1. The van der Waals surface area contributed by atoms with Crippen LogP contribution in [0.15, 0.2) is 12.1 Å². The lowest BCUT2D eigenvalue weighted by Crippen LogP contribution is -2.44. The van der Waals surface area contributed by atoms with Crippen molar-refractivity contribution in [3.05, 3.63) is 28.5 Å². The summed E-state index contributed by atoms with van der Waals surface area (Å²) in [5.74, 6) is -1.05. The van der Waals surface area contributed by atoms with Crippen LogP contribution in [-0.4, -0.2) is 38.8 Å². The number of halogens is 2. The molecular weight excluding hydrogens is 431 g/mol. The summed E-state index contributed by atoms with van der Waals surface area (Å²) in [5, 5.41) is 0.0467. The Kier molecular flexibility index (Phi) is 6.87. The van der Waals surface area contributed by atoms with Gasteiger partial charge in [0.05, 0.1) is 10.6 Å². The number of hydrogen-bond acceptors (Lipinski definition) is 4. The first-order valence-electron chi connectivity index (χ1n) is 9.96. The topological polar surface area (TPSA) is 75.7 Å². The lowest BCUT2D eigenvalue weighted by molar-refractivity contribution is -0.0153. The van der Waals surface area contributed by atoms with Crippen molar-refractivity contribution in [3.8, 4) is 5.75 Å². The predicted octanol–water partition coefficient (Wildman–Crippen LogP) is 4.49. The highest BCUT2D eigenvalue weighted by atomic mass is 35.5. The van der Waals surface area contributed by atoms with Crippen molar-refractivity contribution >= 4 is 27.7 Å². The van der Waals surface area contributed by atoms with Gasteiger partial charge in [-0.2, -0.15) is 12.7 Å². The standard InChI is InChI=1S/C21H32ClFN2O4S/c1-12(2)21(6)13(3)9-18(20(21,4)5)29-17-11-16(23)14(10-15(17)22)19(26)24-30(27,28)25(7)8/h10-13,18H,9H2,1-8H3,(H,24,26)/t13-,18+,21?/m0/s1. The maximum Gasteiger partial charge on any atom is 0.303 e. The van der Waals surface area contributed by atoms with Crippen LogP contribution in [0.5, 0.6) is 5.75 Å². The van der Waals surface area contributed by atoms with Crippen LogP contribution >= 0.6 is 11.6 Å². The number of carbonyl (C=O) groups excluding carboxylic acids is 1. The highest BCUT2D eigenvalue weighted by Crippen LogP contribution is 2.60. The molecule has 0 radical (unpaired) electrons. The fourth-order valence-electron chi connectivity index (χ4n) is 4.56. The SMILES string of the molecule is CC(C)C1(C)[C@@H](C)C[C@@H](Oc2cc(F)c(C(=O)NS(=O)(=O)N(C)C)cc2Cl)C1(C)C. The van der Waals surface area contributed by atoms with Gasteiger partial charge in [-0.3, -0.25) is 4.79 Å². The van der Waals surface area contributed by atoms with E-state index in [4.69, 9.17) is 16.3 Å². The zero-order chi connectivity index (χ0) is 23.2. The van der Waals surface area contributed by atoms with Gasteiger partial charge >= 0.3 is 10.2 Å². The van der Waals surface area contributed by atoms with Crippen LogP contribution < -0.4 is 9.46 Å². The third kappa shape index (κ3) is 4.18. The molecule has 1 amide bonds. The Morgan fingerprint density at radius 1 is 1.30 bits per heavy atom. The summed E-state index contributed by atoms with van der Waals surface area (Å²) in [6.07, 6.45) is 0.605. The summed E-state index contributed by atoms with van der Waals surface area (Å²) in [4.78, 5) is 12.2. The van der Waals surface area contributed by atoms with Crippen LogP contribution in [0.2, 0.25) is 5.02 Å². The Morgan fingerprint density at radius 3 is 2.33 bits per heavy atom. The molecule has 1 aromatic rings. The van der Waals surface area contributed by atoms with Crippen LogP contribution in [0.1, 0.15) is 58.3 Å². The molecule has 0 bridgehead atoms. The van der Waals surface area contributed by atoms with Gasteiger partial charge in [0.25, 0.3) is 5.91 Å². The molecule has 1 unspecified atom stereocenters. The quantitative estimate of drug-likeness (QED) is 0.675. The van der Waals surface area contributed by atoms with Gasteiger partial charge in [-0.1, -0.05) is 53.1 Å². The summed E-state index contributed by atoms with van der Waals surface area (Å²) in [5.41, 5.74) is -0.650. The molecule has 3 atom stereocenters. The number of benzene rings is 1. The Hall–Kier alpha value is -1.38. The zero-order valence-corrected chi connectivity index (χ0v) is 20.4. The molecule has 6 nitrogen and oxygen atoms in total. The van der Waals surface area contributed by atoms with E-state index in [0.717, 1.165) is 22.9 Å². The normalized spacial score (nSPS) is 26.3. The summed E-state index contributed by atoms with van der Waals surface area (Å²) >= 11 is 6.29. The van der Waals surface area contributed by atoms with Crippen molar-refractivity contribution in [2.24, 2.45) is 22.7 Å².